The number of benzene rings is 2. The lowest BCUT2D eigenvalue weighted by Crippen LogP contribution is -2.00. The summed E-state index contributed by atoms with van der Waals surface area (Å²) in [6.45, 7) is 3.76. The fourth-order valence-corrected chi connectivity index (χ4v) is 1.83. The van der Waals surface area contributed by atoms with Gasteiger partial charge in [0.2, 0.25) is 5.75 Å². The Labute approximate surface area is 120 Å². The summed E-state index contributed by atoms with van der Waals surface area (Å²) in [4.78, 5) is 21.3. The number of rotatable bonds is 4. The monoisotopic (exact) mass is 287 g/mol. The number of nitro benzene ring substituents is 1. The normalized spacial score (nSPS) is 10.2. The zero-order valence-corrected chi connectivity index (χ0v) is 11.5. The van der Waals surface area contributed by atoms with E-state index in [0.717, 1.165) is 17.2 Å². The molecule has 6 nitrogen and oxygen atoms in total. The van der Waals surface area contributed by atoms with Crippen molar-refractivity contribution in [3.05, 3.63) is 63.2 Å². The summed E-state index contributed by atoms with van der Waals surface area (Å²) in [7, 11) is 0. The first-order chi connectivity index (χ1) is 9.90. The van der Waals surface area contributed by atoms with Crippen molar-refractivity contribution in [3.63, 3.8) is 0 Å². The minimum Gasteiger partial charge on any atom is -0.478 e. The van der Waals surface area contributed by atoms with Crippen molar-refractivity contribution in [3.8, 4) is 11.5 Å². The maximum absolute atomic E-state index is 11.1. The van der Waals surface area contributed by atoms with Crippen LogP contribution < -0.4 is 4.74 Å². The molecular formula is C15H13NO5. The Kier molecular flexibility index (Phi) is 3.89. The molecule has 2 aromatic rings. The van der Waals surface area contributed by atoms with Gasteiger partial charge in [-0.3, -0.25) is 10.1 Å². The molecule has 2 rings (SSSR count). The van der Waals surface area contributed by atoms with E-state index in [9.17, 15) is 14.9 Å². The molecule has 0 unspecified atom stereocenters. The number of carboxylic acid groups (broad SMARTS) is 1. The van der Waals surface area contributed by atoms with Crippen molar-refractivity contribution >= 4 is 11.7 Å². The molecule has 0 fully saturated rings. The minimum atomic E-state index is -1.23. The van der Waals surface area contributed by atoms with E-state index < -0.39 is 10.9 Å². The third kappa shape index (κ3) is 3.00. The van der Waals surface area contributed by atoms with Crippen molar-refractivity contribution in [1.82, 2.24) is 0 Å². The van der Waals surface area contributed by atoms with Gasteiger partial charge in [0, 0.05) is 6.07 Å². The van der Waals surface area contributed by atoms with Crippen LogP contribution >= 0.6 is 0 Å². The molecule has 0 aliphatic rings. The van der Waals surface area contributed by atoms with E-state index in [1.807, 2.05) is 19.9 Å². The maximum atomic E-state index is 11.1. The van der Waals surface area contributed by atoms with E-state index >= 15 is 0 Å². The molecule has 0 saturated heterocycles. The van der Waals surface area contributed by atoms with Crippen LogP contribution in [-0.4, -0.2) is 16.0 Å². The average Bonchev–Trinajstić information content (AvgIpc) is 2.43. The molecule has 0 bridgehead atoms. The molecule has 108 valence electrons. The number of hydrogen-bond acceptors (Lipinski definition) is 4. The number of ether oxygens (including phenoxy) is 1. The predicted octanol–water partition coefficient (Wildman–Crippen LogP) is 3.70. The molecule has 6 heteroatoms. The van der Waals surface area contributed by atoms with Gasteiger partial charge >= 0.3 is 11.7 Å². The third-order valence-corrected chi connectivity index (χ3v) is 3.18. The summed E-state index contributed by atoms with van der Waals surface area (Å²) < 4.78 is 5.58. The molecule has 2 aromatic carbocycles. The van der Waals surface area contributed by atoms with Crippen LogP contribution in [0, 0.1) is 24.0 Å². The first kappa shape index (κ1) is 14.5. The van der Waals surface area contributed by atoms with Gasteiger partial charge in [0.25, 0.3) is 0 Å². The Morgan fingerprint density at radius 1 is 1.19 bits per heavy atom. The maximum Gasteiger partial charge on any atom is 0.335 e. The van der Waals surface area contributed by atoms with Crippen LogP contribution in [0.3, 0.4) is 0 Å². The number of nitro groups is 1. The average molecular weight is 287 g/mol. The summed E-state index contributed by atoms with van der Waals surface area (Å²) >= 11 is 0. The van der Waals surface area contributed by atoms with Gasteiger partial charge in [0.05, 0.1) is 10.5 Å². The van der Waals surface area contributed by atoms with Crippen LogP contribution in [0.2, 0.25) is 0 Å². The lowest BCUT2D eigenvalue weighted by Gasteiger charge is -2.11. The van der Waals surface area contributed by atoms with Gasteiger partial charge in [-0.25, -0.2) is 4.79 Å². The van der Waals surface area contributed by atoms with Crippen LogP contribution in [-0.2, 0) is 0 Å². The Morgan fingerprint density at radius 2 is 1.90 bits per heavy atom. The highest BCUT2D eigenvalue weighted by atomic mass is 16.6. The minimum absolute atomic E-state index is 0.0127. The van der Waals surface area contributed by atoms with Gasteiger partial charge in [-0.15, -0.1) is 0 Å². The number of carbonyl (C=O) groups is 1. The van der Waals surface area contributed by atoms with Gasteiger partial charge in [0.1, 0.15) is 5.75 Å². The number of hydrogen-bond donors (Lipinski definition) is 1. The van der Waals surface area contributed by atoms with E-state index in [2.05, 4.69) is 0 Å². The zero-order chi connectivity index (χ0) is 15.6. The van der Waals surface area contributed by atoms with Gasteiger partial charge < -0.3 is 9.84 Å². The Morgan fingerprint density at radius 3 is 2.52 bits per heavy atom. The number of nitrogens with zero attached hydrogens (tertiary/aromatic N) is 1. The van der Waals surface area contributed by atoms with Crippen LogP contribution in [0.25, 0.3) is 0 Å². The highest BCUT2D eigenvalue weighted by Gasteiger charge is 2.19. The first-order valence-corrected chi connectivity index (χ1v) is 6.16. The molecule has 0 atom stereocenters. The molecule has 0 aliphatic heterocycles. The van der Waals surface area contributed by atoms with E-state index in [1.165, 1.54) is 12.1 Å². The molecule has 21 heavy (non-hydrogen) atoms. The van der Waals surface area contributed by atoms with Gasteiger partial charge in [-0.2, -0.15) is 0 Å². The second-order valence-electron chi connectivity index (χ2n) is 4.54. The van der Waals surface area contributed by atoms with E-state index in [-0.39, 0.29) is 17.0 Å². The second kappa shape index (κ2) is 5.62. The predicted molar refractivity (Wildman–Crippen MR) is 76.0 cm³/mol. The molecular weight excluding hydrogens is 274 g/mol. The summed E-state index contributed by atoms with van der Waals surface area (Å²) in [6, 6.07) is 8.96. The second-order valence-corrected chi connectivity index (χ2v) is 4.54. The summed E-state index contributed by atoms with van der Waals surface area (Å²) in [5.41, 5.74) is 1.33. The molecule has 0 amide bonds. The molecule has 0 heterocycles. The van der Waals surface area contributed by atoms with Crippen LogP contribution in [0.1, 0.15) is 21.5 Å². The lowest BCUT2D eigenvalue weighted by atomic mass is 10.1. The molecule has 0 aromatic heterocycles. The summed E-state index contributed by atoms with van der Waals surface area (Å²) in [6.07, 6.45) is 0. The third-order valence-electron chi connectivity index (χ3n) is 3.18. The standard InChI is InChI=1S/C15H13NO5/c1-9-4-3-5-13(10(9)2)21-14-7-6-11(15(17)18)8-12(14)16(19)20/h3-8H,1-2H3,(H,17,18). The van der Waals surface area contributed by atoms with Crippen LogP contribution in [0.5, 0.6) is 11.5 Å². The summed E-state index contributed by atoms with van der Waals surface area (Å²) in [5, 5.41) is 20.0. The van der Waals surface area contributed by atoms with E-state index in [1.54, 1.807) is 12.1 Å². The van der Waals surface area contributed by atoms with Crippen LogP contribution in [0.4, 0.5) is 5.69 Å². The fourth-order valence-electron chi connectivity index (χ4n) is 1.83. The molecule has 0 spiro atoms. The Hall–Kier alpha value is -2.89. The number of aromatic carboxylic acids is 1. The lowest BCUT2D eigenvalue weighted by molar-refractivity contribution is -0.385. The van der Waals surface area contributed by atoms with Gasteiger partial charge in [-0.05, 0) is 43.2 Å². The van der Waals surface area contributed by atoms with Crippen molar-refractivity contribution in [2.24, 2.45) is 0 Å². The van der Waals surface area contributed by atoms with Crippen molar-refractivity contribution < 1.29 is 19.6 Å². The number of aryl methyl sites for hydroxylation is 1. The quantitative estimate of drug-likeness (QED) is 0.684. The smallest absolute Gasteiger partial charge is 0.335 e. The molecule has 0 saturated carbocycles. The molecule has 0 radical (unpaired) electrons. The van der Waals surface area contributed by atoms with Crippen LogP contribution in [0.15, 0.2) is 36.4 Å². The van der Waals surface area contributed by atoms with E-state index in [4.69, 9.17) is 9.84 Å². The van der Waals surface area contributed by atoms with Crippen molar-refractivity contribution in [2.75, 3.05) is 0 Å². The van der Waals surface area contributed by atoms with Gasteiger partial charge in [-0.1, -0.05) is 12.1 Å². The Balaban J connectivity index is 2.46. The SMILES string of the molecule is Cc1cccc(Oc2ccc(C(=O)O)cc2[N+](=O)[O-])c1C. The highest BCUT2D eigenvalue weighted by Crippen LogP contribution is 2.34. The largest absolute Gasteiger partial charge is 0.478 e. The van der Waals surface area contributed by atoms with Gasteiger partial charge in [0.15, 0.2) is 0 Å². The Bertz CT molecular complexity index is 724. The molecule has 1 N–H and O–H groups in total. The summed E-state index contributed by atoms with van der Waals surface area (Å²) in [5.74, 6) is -0.712. The zero-order valence-electron chi connectivity index (χ0n) is 11.5. The van der Waals surface area contributed by atoms with Crippen molar-refractivity contribution in [1.29, 1.82) is 0 Å². The molecule has 0 aliphatic carbocycles. The topological polar surface area (TPSA) is 89.7 Å². The number of carboxylic acids is 1. The highest BCUT2D eigenvalue weighted by molar-refractivity contribution is 5.88. The first-order valence-electron chi connectivity index (χ1n) is 6.16. The fraction of sp³-hybridized carbons (Fsp3) is 0.133. The van der Waals surface area contributed by atoms with E-state index in [0.29, 0.717) is 5.75 Å². The van der Waals surface area contributed by atoms with Crippen molar-refractivity contribution in [2.45, 2.75) is 13.8 Å².